The second-order valence-corrected chi connectivity index (χ2v) is 7.64. The highest BCUT2D eigenvalue weighted by Crippen LogP contribution is 2.17. The number of aliphatic imine (C=N–C) groups is 1. The van der Waals surface area contributed by atoms with Gasteiger partial charge in [-0.05, 0) is 42.9 Å². The molecule has 0 saturated heterocycles. The third-order valence-electron chi connectivity index (χ3n) is 4.67. The van der Waals surface area contributed by atoms with Gasteiger partial charge in [-0.3, -0.25) is 15.1 Å². The van der Waals surface area contributed by atoms with Crippen LogP contribution in [0.25, 0.3) is 0 Å². The molecule has 10 heteroatoms. The predicted molar refractivity (Wildman–Crippen MR) is 124 cm³/mol. The topological polar surface area (TPSA) is 155 Å². The van der Waals surface area contributed by atoms with Crippen molar-refractivity contribution in [1.29, 1.82) is 0 Å². The quantitative estimate of drug-likeness (QED) is 0.248. The molecule has 1 aromatic heterocycles. The van der Waals surface area contributed by atoms with Crippen LogP contribution in [0.3, 0.4) is 0 Å². The van der Waals surface area contributed by atoms with E-state index in [1.165, 1.54) is 5.56 Å². The first-order valence-electron chi connectivity index (χ1n) is 10.2. The molecule has 0 radical (unpaired) electrons. The normalized spacial score (nSPS) is 12.4. The Balaban J connectivity index is 1.73. The van der Waals surface area contributed by atoms with Crippen molar-refractivity contribution in [2.24, 2.45) is 16.6 Å². The summed E-state index contributed by atoms with van der Waals surface area (Å²) in [6.07, 6.45) is 3.78. The SMILES string of the molecule is CCC(C)COc1ccc(CCCCN=C(N)NC(=O)c2nc(Cl)c(N)nc2N)cc1. The van der Waals surface area contributed by atoms with E-state index in [0.29, 0.717) is 12.5 Å². The fourth-order valence-corrected chi connectivity index (χ4v) is 2.70. The van der Waals surface area contributed by atoms with E-state index in [1.807, 2.05) is 12.1 Å². The summed E-state index contributed by atoms with van der Waals surface area (Å²) in [6.45, 7) is 5.54. The number of ether oxygens (including phenoxy) is 1. The maximum absolute atomic E-state index is 12.2. The lowest BCUT2D eigenvalue weighted by molar-refractivity contribution is 0.0972. The Hall–Kier alpha value is -3.07. The Morgan fingerprint density at radius 3 is 2.58 bits per heavy atom. The van der Waals surface area contributed by atoms with Crippen LogP contribution in [0.4, 0.5) is 11.6 Å². The maximum atomic E-state index is 12.2. The summed E-state index contributed by atoms with van der Waals surface area (Å²) >= 11 is 5.78. The predicted octanol–water partition coefficient (Wildman–Crippen LogP) is 2.79. The number of nitrogens with two attached hydrogens (primary N) is 3. The molecule has 168 valence electrons. The Morgan fingerprint density at radius 1 is 1.19 bits per heavy atom. The maximum Gasteiger partial charge on any atom is 0.280 e. The lowest BCUT2D eigenvalue weighted by Crippen LogP contribution is -2.38. The van der Waals surface area contributed by atoms with Crippen LogP contribution in [0.15, 0.2) is 29.3 Å². The Kier molecular flexibility index (Phi) is 9.33. The number of guanidine groups is 1. The van der Waals surface area contributed by atoms with Crippen molar-refractivity contribution >= 4 is 35.1 Å². The Labute approximate surface area is 187 Å². The number of unbranched alkanes of at least 4 members (excludes halogenated alkanes) is 1. The molecule has 2 aromatic rings. The number of nitrogens with one attached hydrogen (secondary N) is 1. The van der Waals surface area contributed by atoms with E-state index < -0.39 is 5.91 Å². The molecule has 7 N–H and O–H groups in total. The number of benzene rings is 1. The first-order valence-corrected chi connectivity index (χ1v) is 10.6. The molecule has 0 aliphatic rings. The molecule has 0 saturated carbocycles. The van der Waals surface area contributed by atoms with Crippen LogP contribution in [0.2, 0.25) is 5.15 Å². The van der Waals surface area contributed by atoms with Gasteiger partial charge in [-0.1, -0.05) is 44.0 Å². The molecule has 0 bridgehead atoms. The number of carbonyl (C=O) groups excluding carboxylic acids is 1. The zero-order chi connectivity index (χ0) is 22.8. The summed E-state index contributed by atoms with van der Waals surface area (Å²) in [7, 11) is 0. The number of amides is 1. The van der Waals surface area contributed by atoms with Crippen LogP contribution in [-0.4, -0.2) is 35.0 Å². The van der Waals surface area contributed by atoms with Gasteiger partial charge in [0, 0.05) is 6.54 Å². The van der Waals surface area contributed by atoms with E-state index in [0.717, 1.165) is 38.0 Å². The van der Waals surface area contributed by atoms with Gasteiger partial charge in [0.1, 0.15) is 5.75 Å². The van der Waals surface area contributed by atoms with Crippen molar-refractivity contribution in [1.82, 2.24) is 15.3 Å². The summed E-state index contributed by atoms with van der Waals surface area (Å²) in [5.74, 6) is 0.580. The molecule has 1 heterocycles. The minimum absolute atomic E-state index is 0.0260. The highest BCUT2D eigenvalue weighted by Gasteiger charge is 2.16. The average molecular weight is 448 g/mol. The zero-order valence-corrected chi connectivity index (χ0v) is 18.7. The average Bonchev–Trinajstić information content (AvgIpc) is 2.75. The molecular weight excluding hydrogens is 418 g/mol. The van der Waals surface area contributed by atoms with E-state index in [4.69, 9.17) is 33.5 Å². The van der Waals surface area contributed by atoms with Crippen molar-refractivity contribution in [3.05, 3.63) is 40.7 Å². The number of hydrogen-bond donors (Lipinski definition) is 4. The molecular formula is C21H30ClN7O2. The third kappa shape index (κ3) is 7.93. The van der Waals surface area contributed by atoms with Gasteiger partial charge in [0.15, 0.2) is 28.4 Å². The molecule has 0 aliphatic heterocycles. The molecule has 1 aromatic carbocycles. The molecule has 1 amide bonds. The van der Waals surface area contributed by atoms with Crippen LogP contribution >= 0.6 is 11.6 Å². The molecule has 9 nitrogen and oxygen atoms in total. The largest absolute Gasteiger partial charge is 0.493 e. The van der Waals surface area contributed by atoms with Gasteiger partial charge < -0.3 is 21.9 Å². The summed E-state index contributed by atoms with van der Waals surface area (Å²) in [6, 6.07) is 8.16. The fourth-order valence-electron chi connectivity index (χ4n) is 2.57. The number of rotatable bonds is 10. The van der Waals surface area contributed by atoms with E-state index in [2.05, 4.69) is 46.3 Å². The van der Waals surface area contributed by atoms with Gasteiger partial charge in [-0.25, -0.2) is 9.97 Å². The molecule has 0 spiro atoms. The van der Waals surface area contributed by atoms with Crippen LogP contribution in [0.1, 0.15) is 49.2 Å². The standard InChI is InChI=1S/C21H30ClN7O2/c1-3-13(2)12-31-15-9-7-14(8-10-15)6-4-5-11-26-21(25)29-20(30)16-18(23)28-19(24)17(22)27-16/h7-10,13H,3-6,11-12H2,1-2H3,(H4,23,24,28)(H3,25,26,29,30). The Morgan fingerprint density at radius 2 is 1.90 bits per heavy atom. The number of aromatic nitrogens is 2. The van der Waals surface area contributed by atoms with Crippen molar-refractivity contribution in [2.45, 2.75) is 39.5 Å². The molecule has 31 heavy (non-hydrogen) atoms. The van der Waals surface area contributed by atoms with Gasteiger partial charge in [0.25, 0.3) is 5.91 Å². The van der Waals surface area contributed by atoms with Crippen LogP contribution in [-0.2, 0) is 6.42 Å². The highest BCUT2D eigenvalue weighted by atomic mass is 35.5. The number of aryl methyl sites for hydroxylation is 1. The van der Waals surface area contributed by atoms with Gasteiger partial charge >= 0.3 is 0 Å². The smallest absolute Gasteiger partial charge is 0.280 e. The summed E-state index contributed by atoms with van der Waals surface area (Å²) in [5.41, 5.74) is 18.0. The number of anilines is 2. The second-order valence-electron chi connectivity index (χ2n) is 7.28. The Bertz CT molecular complexity index is 903. The fraction of sp³-hybridized carbons (Fsp3) is 0.429. The van der Waals surface area contributed by atoms with E-state index in [9.17, 15) is 4.79 Å². The summed E-state index contributed by atoms with van der Waals surface area (Å²) in [4.78, 5) is 23.9. The van der Waals surface area contributed by atoms with Gasteiger partial charge in [0.05, 0.1) is 6.61 Å². The third-order valence-corrected chi connectivity index (χ3v) is 4.95. The second kappa shape index (κ2) is 11.9. The molecule has 0 fully saturated rings. The zero-order valence-electron chi connectivity index (χ0n) is 17.9. The number of nitrogen functional groups attached to an aromatic ring is 2. The molecule has 1 unspecified atom stereocenters. The van der Waals surface area contributed by atoms with Crippen LogP contribution in [0.5, 0.6) is 5.75 Å². The van der Waals surface area contributed by atoms with E-state index in [1.54, 1.807) is 0 Å². The first kappa shape index (κ1) is 24.2. The molecule has 1 atom stereocenters. The van der Waals surface area contributed by atoms with Crippen molar-refractivity contribution in [3.8, 4) is 5.75 Å². The van der Waals surface area contributed by atoms with E-state index in [-0.39, 0.29) is 28.4 Å². The van der Waals surface area contributed by atoms with Crippen molar-refractivity contribution in [2.75, 3.05) is 24.6 Å². The highest BCUT2D eigenvalue weighted by molar-refractivity contribution is 6.31. The first-order chi connectivity index (χ1) is 14.8. The lowest BCUT2D eigenvalue weighted by atomic mass is 10.1. The van der Waals surface area contributed by atoms with Crippen molar-refractivity contribution < 1.29 is 9.53 Å². The summed E-state index contributed by atoms with van der Waals surface area (Å²) in [5, 5.41) is 2.31. The number of nitrogens with zero attached hydrogens (tertiary/aromatic N) is 3. The van der Waals surface area contributed by atoms with Gasteiger partial charge in [0.2, 0.25) is 0 Å². The minimum atomic E-state index is -0.649. The van der Waals surface area contributed by atoms with Crippen LogP contribution in [0, 0.1) is 5.92 Å². The van der Waals surface area contributed by atoms with Crippen LogP contribution < -0.4 is 27.3 Å². The van der Waals surface area contributed by atoms with Gasteiger partial charge in [-0.15, -0.1) is 0 Å². The number of halogens is 1. The molecule has 2 rings (SSSR count). The van der Waals surface area contributed by atoms with Gasteiger partial charge in [-0.2, -0.15) is 0 Å². The monoisotopic (exact) mass is 447 g/mol. The van der Waals surface area contributed by atoms with E-state index >= 15 is 0 Å². The van der Waals surface area contributed by atoms with Crippen molar-refractivity contribution in [3.63, 3.8) is 0 Å². The molecule has 0 aliphatic carbocycles. The number of hydrogen-bond acceptors (Lipinski definition) is 7. The summed E-state index contributed by atoms with van der Waals surface area (Å²) < 4.78 is 5.77. The number of carbonyl (C=O) groups is 1. The minimum Gasteiger partial charge on any atom is -0.493 e. The lowest BCUT2D eigenvalue weighted by Gasteiger charge is -2.11.